The van der Waals surface area contributed by atoms with E-state index in [9.17, 15) is 9.59 Å². The van der Waals surface area contributed by atoms with Crippen molar-refractivity contribution in [2.24, 2.45) is 17.3 Å². The second kappa shape index (κ2) is 8.70. The first-order valence-electron chi connectivity index (χ1n) is 9.48. The molecule has 2 amide bonds. The fourth-order valence-electron chi connectivity index (χ4n) is 3.84. The van der Waals surface area contributed by atoms with Crippen LogP contribution in [0, 0.1) is 17.3 Å². The van der Waals surface area contributed by atoms with Crippen molar-refractivity contribution < 1.29 is 9.59 Å². The molecule has 0 aliphatic heterocycles. The van der Waals surface area contributed by atoms with Crippen LogP contribution in [0.2, 0.25) is 0 Å². The van der Waals surface area contributed by atoms with Gasteiger partial charge in [0.1, 0.15) is 0 Å². The third-order valence-corrected chi connectivity index (χ3v) is 5.43. The van der Waals surface area contributed by atoms with Crippen molar-refractivity contribution in [2.75, 3.05) is 13.1 Å². The molecule has 0 atom stereocenters. The summed E-state index contributed by atoms with van der Waals surface area (Å²) in [5.74, 6) is 1.51. The number of hydrogen-bond acceptors (Lipinski definition) is 2. The summed E-state index contributed by atoms with van der Waals surface area (Å²) in [4.78, 5) is 24.0. The molecule has 2 N–H and O–H groups in total. The molecule has 0 saturated heterocycles. The number of carbonyl (C=O) groups is 2. The Kier molecular flexibility index (Phi) is 6.91. The molecule has 0 radical (unpaired) electrons. The van der Waals surface area contributed by atoms with Gasteiger partial charge in [-0.25, -0.2) is 0 Å². The summed E-state index contributed by atoms with van der Waals surface area (Å²) in [7, 11) is 0. The molecular weight excluding hydrogens is 288 g/mol. The molecule has 0 bridgehead atoms. The molecule has 0 aromatic heterocycles. The van der Waals surface area contributed by atoms with E-state index in [1.165, 1.54) is 51.4 Å². The van der Waals surface area contributed by atoms with Crippen LogP contribution in [0.25, 0.3) is 0 Å². The maximum absolute atomic E-state index is 12.0. The highest BCUT2D eigenvalue weighted by atomic mass is 16.2. The van der Waals surface area contributed by atoms with Crippen molar-refractivity contribution in [3.05, 3.63) is 0 Å². The van der Waals surface area contributed by atoms with Crippen molar-refractivity contribution >= 4 is 11.8 Å². The molecule has 23 heavy (non-hydrogen) atoms. The lowest BCUT2D eigenvalue weighted by molar-refractivity contribution is -0.122. The molecule has 4 heteroatoms. The van der Waals surface area contributed by atoms with Crippen LogP contribution in [0.1, 0.15) is 78.1 Å². The lowest BCUT2D eigenvalue weighted by Crippen LogP contribution is -2.42. The van der Waals surface area contributed by atoms with Gasteiger partial charge in [0.05, 0.1) is 0 Å². The first-order chi connectivity index (χ1) is 10.9. The second-order valence-corrected chi connectivity index (χ2v) is 8.43. The zero-order chi connectivity index (χ0) is 16.7. The van der Waals surface area contributed by atoms with Crippen LogP contribution in [0.4, 0.5) is 0 Å². The fourth-order valence-corrected chi connectivity index (χ4v) is 3.84. The number of nitrogens with one attached hydrogen (secondary N) is 2. The molecular formula is C19H34N2O2. The predicted molar refractivity (Wildman–Crippen MR) is 93.0 cm³/mol. The topological polar surface area (TPSA) is 58.2 Å². The molecule has 0 aromatic rings. The van der Waals surface area contributed by atoms with E-state index in [1.54, 1.807) is 0 Å². The van der Waals surface area contributed by atoms with Crippen molar-refractivity contribution in [1.82, 2.24) is 10.6 Å². The lowest BCUT2D eigenvalue weighted by atomic mass is 9.92. The maximum atomic E-state index is 12.0. The molecule has 0 aromatic carbocycles. The van der Waals surface area contributed by atoms with Crippen molar-refractivity contribution in [3.63, 3.8) is 0 Å². The molecule has 0 spiro atoms. The smallest absolute Gasteiger partial charge is 0.220 e. The highest BCUT2D eigenvalue weighted by molar-refractivity contribution is 5.77. The van der Waals surface area contributed by atoms with Gasteiger partial charge in [-0.1, -0.05) is 39.5 Å². The summed E-state index contributed by atoms with van der Waals surface area (Å²) in [5.41, 5.74) is -0.101. The number of amides is 2. The van der Waals surface area contributed by atoms with Crippen LogP contribution in [0.15, 0.2) is 0 Å². The summed E-state index contributed by atoms with van der Waals surface area (Å²) in [5, 5.41) is 6.11. The molecule has 2 rings (SSSR count). The Hall–Kier alpha value is -1.06. The second-order valence-electron chi connectivity index (χ2n) is 8.43. The minimum Gasteiger partial charge on any atom is -0.355 e. The van der Waals surface area contributed by atoms with E-state index >= 15 is 0 Å². The largest absolute Gasteiger partial charge is 0.355 e. The summed E-state index contributed by atoms with van der Waals surface area (Å²) < 4.78 is 0. The summed E-state index contributed by atoms with van der Waals surface area (Å²) in [6, 6.07) is 0. The Balaban J connectivity index is 1.60. The van der Waals surface area contributed by atoms with Gasteiger partial charge in [-0.2, -0.15) is 0 Å². The Bertz CT molecular complexity index is 358. The van der Waals surface area contributed by atoms with E-state index in [-0.39, 0.29) is 17.2 Å². The van der Waals surface area contributed by atoms with Gasteiger partial charge in [0.2, 0.25) is 11.8 Å². The summed E-state index contributed by atoms with van der Waals surface area (Å²) >= 11 is 0. The zero-order valence-corrected chi connectivity index (χ0v) is 15.0. The molecule has 0 heterocycles. The van der Waals surface area contributed by atoms with E-state index in [0.717, 1.165) is 0 Å². The fraction of sp³-hybridized carbons (Fsp3) is 0.895. The summed E-state index contributed by atoms with van der Waals surface area (Å²) in [6.45, 7) is 5.45. The van der Waals surface area contributed by atoms with E-state index < -0.39 is 0 Å². The van der Waals surface area contributed by atoms with E-state index in [2.05, 4.69) is 24.5 Å². The van der Waals surface area contributed by atoms with Gasteiger partial charge in [0.15, 0.2) is 0 Å². The monoisotopic (exact) mass is 322 g/mol. The first kappa shape index (κ1) is 18.3. The average Bonchev–Trinajstić information content (AvgIpc) is 3.17. The number of rotatable bonds is 8. The van der Waals surface area contributed by atoms with Crippen LogP contribution in [-0.2, 0) is 9.59 Å². The Morgan fingerprint density at radius 1 is 0.783 bits per heavy atom. The molecule has 4 nitrogen and oxygen atoms in total. The molecule has 2 fully saturated rings. The third-order valence-electron chi connectivity index (χ3n) is 5.43. The number of carbonyl (C=O) groups excluding carboxylic acids is 2. The normalized spacial score (nSPS) is 19.9. The quantitative estimate of drug-likeness (QED) is 0.719. The van der Waals surface area contributed by atoms with E-state index in [4.69, 9.17) is 0 Å². The maximum Gasteiger partial charge on any atom is 0.220 e. The Morgan fingerprint density at radius 2 is 1.13 bits per heavy atom. The number of hydrogen-bond donors (Lipinski definition) is 2. The van der Waals surface area contributed by atoms with Crippen LogP contribution in [0.3, 0.4) is 0 Å². The Morgan fingerprint density at radius 3 is 1.48 bits per heavy atom. The van der Waals surface area contributed by atoms with Crippen LogP contribution in [-0.4, -0.2) is 24.9 Å². The van der Waals surface area contributed by atoms with Crippen molar-refractivity contribution in [1.29, 1.82) is 0 Å². The molecule has 2 aliphatic carbocycles. The standard InChI is InChI=1S/C19H34N2O2/c1-19(2,13-20-17(22)11-15-7-3-4-8-15)14-21-18(23)12-16-9-5-6-10-16/h15-16H,3-14H2,1-2H3,(H,20,22)(H,21,23). The van der Waals surface area contributed by atoms with Gasteiger partial charge in [-0.05, 0) is 42.9 Å². The predicted octanol–water partition coefficient (Wildman–Crippen LogP) is 3.41. The molecule has 132 valence electrons. The van der Waals surface area contributed by atoms with Crippen LogP contribution < -0.4 is 10.6 Å². The van der Waals surface area contributed by atoms with E-state index in [0.29, 0.717) is 37.8 Å². The van der Waals surface area contributed by atoms with Crippen molar-refractivity contribution in [2.45, 2.75) is 78.1 Å². The van der Waals surface area contributed by atoms with Gasteiger partial charge >= 0.3 is 0 Å². The van der Waals surface area contributed by atoms with Gasteiger partial charge in [-0.3, -0.25) is 9.59 Å². The average molecular weight is 322 g/mol. The SMILES string of the molecule is CC(C)(CNC(=O)CC1CCCC1)CNC(=O)CC1CCCC1. The minimum atomic E-state index is -0.101. The van der Waals surface area contributed by atoms with Crippen molar-refractivity contribution in [3.8, 4) is 0 Å². The van der Waals surface area contributed by atoms with Gasteiger partial charge in [0, 0.05) is 25.9 Å². The highest BCUT2D eigenvalue weighted by Gasteiger charge is 2.24. The van der Waals surface area contributed by atoms with Gasteiger partial charge in [-0.15, -0.1) is 0 Å². The summed E-state index contributed by atoms with van der Waals surface area (Å²) in [6.07, 6.45) is 11.2. The van der Waals surface area contributed by atoms with E-state index in [1.807, 2.05) is 0 Å². The molecule has 0 unspecified atom stereocenters. The lowest BCUT2D eigenvalue weighted by Gasteiger charge is -2.26. The first-order valence-corrected chi connectivity index (χ1v) is 9.48. The van der Waals surface area contributed by atoms with Gasteiger partial charge in [0.25, 0.3) is 0 Å². The van der Waals surface area contributed by atoms with Crippen LogP contribution in [0.5, 0.6) is 0 Å². The molecule has 2 saturated carbocycles. The highest BCUT2D eigenvalue weighted by Crippen LogP contribution is 2.28. The Labute approximate surface area is 141 Å². The van der Waals surface area contributed by atoms with Crippen LogP contribution >= 0.6 is 0 Å². The third kappa shape index (κ3) is 6.92. The molecule has 2 aliphatic rings. The van der Waals surface area contributed by atoms with Gasteiger partial charge < -0.3 is 10.6 Å². The zero-order valence-electron chi connectivity index (χ0n) is 15.0. The minimum absolute atomic E-state index is 0.101.